The van der Waals surface area contributed by atoms with Crippen LogP contribution in [-0.2, 0) is 22.6 Å². The average molecular weight is 531 g/mol. The number of ether oxygens (including phenoxy) is 2. The number of ketones is 1. The highest BCUT2D eigenvalue weighted by Gasteiger charge is 2.46. The van der Waals surface area contributed by atoms with Crippen LogP contribution in [0.5, 0.6) is 11.5 Å². The molecule has 204 valence electrons. The summed E-state index contributed by atoms with van der Waals surface area (Å²) >= 11 is 0. The van der Waals surface area contributed by atoms with Crippen molar-refractivity contribution < 1.29 is 28.7 Å². The van der Waals surface area contributed by atoms with E-state index in [1.54, 1.807) is 11.0 Å². The number of aromatic nitrogens is 2. The van der Waals surface area contributed by atoms with Crippen molar-refractivity contribution in [3.63, 3.8) is 0 Å². The first-order valence-corrected chi connectivity index (χ1v) is 13.8. The number of unbranched alkanes of at least 4 members (excludes halogenated alkanes) is 2. The maximum Gasteiger partial charge on any atom is 0.295 e. The summed E-state index contributed by atoms with van der Waals surface area (Å²) in [5.74, 6) is 0.0924. The van der Waals surface area contributed by atoms with Crippen LogP contribution in [0.1, 0.15) is 62.3 Å². The highest BCUT2D eigenvalue weighted by atomic mass is 16.5. The Kier molecular flexibility index (Phi) is 8.00. The lowest BCUT2D eigenvalue weighted by Gasteiger charge is -2.25. The average Bonchev–Trinajstić information content (AvgIpc) is 3.65. The molecule has 8 heteroatoms. The topological polar surface area (TPSA) is 95.7 Å². The fraction of sp³-hybridized carbons (Fsp3) is 0.387. The zero-order valence-corrected chi connectivity index (χ0v) is 22.6. The van der Waals surface area contributed by atoms with Gasteiger partial charge in [-0.05, 0) is 54.8 Å². The van der Waals surface area contributed by atoms with Gasteiger partial charge in [0.05, 0.1) is 24.8 Å². The molecule has 2 aromatic carbocycles. The summed E-state index contributed by atoms with van der Waals surface area (Å²) < 4.78 is 13.7. The number of H-pyrrole nitrogens is 1. The Labute approximate surface area is 228 Å². The van der Waals surface area contributed by atoms with Crippen molar-refractivity contribution in [3.05, 3.63) is 83.4 Å². The van der Waals surface area contributed by atoms with Crippen LogP contribution >= 0.6 is 0 Å². The minimum atomic E-state index is -0.696. The lowest BCUT2D eigenvalue weighted by molar-refractivity contribution is -0.695. The number of amides is 1. The molecule has 2 N–H and O–H groups in total. The molecule has 0 aliphatic carbocycles. The molecule has 1 aromatic heterocycles. The summed E-state index contributed by atoms with van der Waals surface area (Å²) in [6, 6.07) is 12.2. The Balaban J connectivity index is 1.46. The third kappa shape index (κ3) is 5.70. The van der Waals surface area contributed by atoms with Gasteiger partial charge in [0, 0.05) is 24.9 Å². The van der Waals surface area contributed by atoms with Crippen molar-refractivity contribution in [1.29, 1.82) is 0 Å². The standard InChI is InChI=1S/C31H35N3O5/c1-3-4-5-17-38-25-10-7-22(8-11-25)28-27(29(35)23-9-12-26-24(19-23)18-21(2)39-26)30(36)31(37)34(28)15-6-14-33-16-13-32-20-33/h7-13,16,19-21,28H,3-6,14-15,17-18H2,1-2H3,(H,35,36)/p+1. The normalized spacial score (nSPS) is 19.8. The lowest BCUT2D eigenvalue weighted by Crippen LogP contribution is -2.36. The van der Waals surface area contributed by atoms with Crippen molar-refractivity contribution in [2.24, 2.45) is 0 Å². The number of aryl methyl sites for hydroxylation is 1. The fourth-order valence-corrected chi connectivity index (χ4v) is 5.35. The molecule has 2 atom stereocenters. The number of hydrogen-bond donors (Lipinski definition) is 2. The summed E-state index contributed by atoms with van der Waals surface area (Å²) in [6.07, 6.45) is 10.3. The van der Waals surface area contributed by atoms with E-state index in [1.165, 1.54) is 0 Å². The number of nitrogens with zero attached hydrogens (tertiary/aromatic N) is 2. The number of Topliss-reactive ketones (excluding diaryl/α,β-unsaturated/α-hetero) is 1. The Morgan fingerprint density at radius 3 is 2.72 bits per heavy atom. The van der Waals surface area contributed by atoms with Gasteiger partial charge in [-0.2, -0.15) is 0 Å². The Hall–Kier alpha value is -4.07. The summed E-state index contributed by atoms with van der Waals surface area (Å²) in [4.78, 5) is 31.3. The van der Waals surface area contributed by atoms with E-state index in [9.17, 15) is 14.7 Å². The number of rotatable bonds is 11. The summed E-state index contributed by atoms with van der Waals surface area (Å²) in [5, 5.41) is 11.5. The Bertz CT molecular complexity index is 1350. The first-order chi connectivity index (χ1) is 19.0. The number of carbonyl (C=O) groups is 2. The second-order valence-corrected chi connectivity index (χ2v) is 10.3. The molecule has 0 saturated carbocycles. The molecule has 2 unspecified atom stereocenters. The molecule has 0 radical (unpaired) electrons. The van der Waals surface area contributed by atoms with E-state index in [4.69, 9.17) is 9.47 Å². The smallest absolute Gasteiger partial charge is 0.295 e. The number of fused-ring (bicyclic) bond motifs is 1. The van der Waals surface area contributed by atoms with Gasteiger partial charge in [-0.25, -0.2) is 4.57 Å². The number of aliphatic hydroxyl groups is 1. The first-order valence-electron chi connectivity index (χ1n) is 13.8. The van der Waals surface area contributed by atoms with Gasteiger partial charge in [0.25, 0.3) is 11.7 Å². The minimum absolute atomic E-state index is 0.0589. The summed E-state index contributed by atoms with van der Waals surface area (Å²) in [6.45, 7) is 5.85. The van der Waals surface area contributed by atoms with Crippen LogP contribution in [0.15, 0.2) is 66.8 Å². The molecule has 3 aromatic rings. The fourth-order valence-electron chi connectivity index (χ4n) is 5.35. The SMILES string of the molecule is CCCCCOc1ccc(C2/C(=C(\O)c3ccc4c(c3)CC(C)O4)C(=O)C(=O)N2CCC[n+]2cc[nH]c2)cc1. The molecular weight excluding hydrogens is 494 g/mol. The lowest BCUT2D eigenvalue weighted by atomic mass is 9.94. The molecule has 2 aliphatic heterocycles. The van der Waals surface area contributed by atoms with Gasteiger partial charge in [-0.3, -0.25) is 14.6 Å². The Morgan fingerprint density at radius 2 is 1.97 bits per heavy atom. The van der Waals surface area contributed by atoms with E-state index in [0.717, 1.165) is 48.3 Å². The zero-order valence-electron chi connectivity index (χ0n) is 22.6. The van der Waals surface area contributed by atoms with Crippen molar-refractivity contribution >= 4 is 17.4 Å². The van der Waals surface area contributed by atoms with Crippen LogP contribution in [-0.4, -0.2) is 45.9 Å². The third-order valence-electron chi connectivity index (χ3n) is 7.34. The van der Waals surface area contributed by atoms with E-state index in [-0.39, 0.29) is 17.4 Å². The predicted octanol–water partition coefficient (Wildman–Crippen LogP) is 4.71. The molecule has 5 rings (SSSR count). The number of carbonyl (C=O) groups excluding carboxylic acids is 2. The van der Waals surface area contributed by atoms with Gasteiger partial charge >= 0.3 is 0 Å². The number of aliphatic hydroxyl groups excluding tert-OH is 1. The van der Waals surface area contributed by atoms with Gasteiger partial charge in [0.15, 0.2) is 0 Å². The number of aromatic amines is 1. The van der Waals surface area contributed by atoms with Crippen LogP contribution in [0.2, 0.25) is 0 Å². The number of benzene rings is 2. The Morgan fingerprint density at radius 1 is 1.15 bits per heavy atom. The summed E-state index contributed by atoms with van der Waals surface area (Å²) in [7, 11) is 0. The molecule has 1 saturated heterocycles. The first kappa shape index (κ1) is 26.5. The van der Waals surface area contributed by atoms with Crippen LogP contribution in [0.25, 0.3) is 5.76 Å². The van der Waals surface area contributed by atoms with Crippen LogP contribution in [0.4, 0.5) is 0 Å². The monoisotopic (exact) mass is 530 g/mol. The largest absolute Gasteiger partial charge is 0.507 e. The maximum absolute atomic E-state index is 13.4. The third-order valence-corrected chi connectivity index (χ3v) is 7.34. The highest BCUT2D eigenvalue weighted by Crippen LogP contribution is 2.41. The summed E-state index contributed by atoms with van der Waals surface area (Å²) in [5.41, 5.74) is 2.35. The maximum atomic E-state index is 13.4. The second kappa shape index (κ2) is 11.8. The van der Waals surface area contributed by atoms with E-state index < -0.39 is 17.7 Å². The number of nitrogens with one attached hydrogen (secondary N) is 1. The molecule has 39 heavy (non-hydrogen) atoms. The van der Waals surface area contributed by atoms with E-state index in [1.807, 2.05) is 66.6 Å². The van der Waals surface area contributed by atoms with Crippen LogP contribution < -0.4 is 14.0 Å². The van der Waals surface area contributed by atoms with E-state index >= 15 is 0 Å². The number of imidazole rings is 1. The van der Waals surface area contributed by atoms with E-state index in [2.05, 4.69) is 11.9 Å². The van der Waals surface area contributed by atoms with Crippen LogP contribution in [0, 0.1) is 0 Å². The van der Waals surface area contributed by atoms with Gasteiger partial charge in [0.1, 0.15) is 35.8 Å². The highest BCUT2D eigenvalue weighted by molar-refractivity contribution is 6.46. The van der Waals surface area contributed by atoms with Crippen molar-refractivity contribution in [2.45, 2.75) is 64.6 Å². The zero-order chi connectivity index (χ0) is 27.4. The number of hydrogen-bond acceptors (Lipinski definition) is 5. The molecular formula is C31H36N3O5+. The molecule has 2 aliphatic rings. The predicted molar refractivity (Wildman–Crippen MR) is 146 cm³/mol. The number of likely N-dealkylation sites (tertiary alicyclic amines) is 1. The van der Waals surface area contributed by atoms with Gasteiger partial charge in [-0.1, -0.05) is 31.9 Å². The minimum Gasteiger partial charge on any atom is -0.507 e. The molecule has 0 bridgehead atoms. The van der Waals surface area contributed by atoms with Crippen molar-refractivity contribution in [2.75, 3.05) is 13.2 Å². The molecule has 1 fully saturated rings. The van der Waals surface area contributed by atoms with Gasteiger partial charge in [0.2, 0.25) is 6.33 Å². The van der Waals surface area contributed by atoms with Crippen LogP contribution in [0.3, 0.4) is 0 Å². The van der Waals surface area contributed by atoms with E-state index in [0.29, 0.717) is 31.7 Å². The second-order valence-electron chi connectivity index (χ2n) is 10.3. The van der Waals surface area contributed by atoms with Crippen molar-refractivity contribution in [3.8, 4) is 11.5 Å². The molecule has 3 heterocycles. The van der Waals surface area contributed by atoms with Gasteiger partial charge < -0.3 is 19.5 Å². The molecule has 8 nitrogen and oxygen atoms in total. The van der Waals surface area contributed by atoms with Crippen molar-refractivity contribution in [1.82, 2.24) is 9.88 Å². The molecule has 1 amide bonds. The molecule has 0 spiro atoms. The van der Waals surface area contributed by atoms with Gasteiger partial charge in [-0.15, -0.1) is 0 Å². The quantitative estimate of drug-likeness (QED) is 0.123.